The molecule has 0 saturated carbocycles. The molecule has 2 N–H and O–H groups in total. The lowest BCUT2D eigenvalue weighted by Gasteiger charge is -2.28. The zero-order valence-corrected chi connectivity index (χ0v) is 17.2. The van der Waals surface area contributed by atoms with Gasteiger partial charge >= 0.3 is 6.09 Å². The highest BCUT2D eigenvalue weighted by atomic mass is 16.6. The smallest absolute Gasteiger partial charge is 0.408 e. The molecule has 1 aromatic carbocycles. The van der Waals surface area contributed by atoms with Crippen LogP contribution >= 0.6 is 0 Å². The first kappa shape index (κ1) is 23.6. The number of aliphatic hydroxyl groups excluding tert-OH is 1. The number of nitrogens with one attached hydrogen (secondary N) is 1. The van der Waals surface area contributed by atoms with Gasteiger partial charge in [-0.05, 0) is 46.3 Å². The minimum Gasteiger partial charge on any atom is -0.444 e. The van der Waals surface area contributed by atoms with Crippen LogP contribution in [-0.2, 0) is 20.9 Å². The zero-order valence-electron chi connectivity index (χ0n) is 17.2. The molecule has 1 rings (SSSR count). The quantitative estimate of drug-likeness (QED) is 0.498. The van der Waals surface area contributed by atoms with Crippen LogP contribution in [0.15, 0.2) is 54.6 Å². The van der Waals surface area contributed by atoms with Crippen molar-refractivity contribution in [3.63, 3.8) is 0 Å². The van der Waals surface area contributed by atoms with Crippen LogP contribution in [0.4, 0.5) is 4.79 Å². The number of hydrogen-bond acceptors (Lipinski definition) is 5. The highest BCUT2D eigenvalue weighted by Gasteiger charge is 2.33. The summed E-state index contributed by atoms with van der Waals surface area (Å²) in [6, 6.07) is 8.30. The second-order valence-corrected chi connectivity index (χ2v) is 7.40. The summed E-state index contributed by atoms with van der Waals surface area (Å²) in [6.07, 6.45) is 3.58. The van der Waals surface area contributed by atoms with E-state index in [1.54, 1.807) is 45.9 Å². The van der Waals surface area contributed by atoms with Gasteiger partial charge in [-0.3, -0.25) is 4.79 Å². The molecular weight excluding hydrogens is 358 g/mol. The van der Waals surface area contributed by atoms with Crippen molar-refractivity contribution in [1.29, 1.82) is 0 Å². The molecule has 2 unspecified atom stereocenters. The Balaban J connectivity index is 2.85. The van der Waals surface area contributed by atoms with Gasteiger partial charge < -0.3 is 19.9 Å². The molecule has 0 aliphatic heterocycles. The minimum absolute atomic E-state index is 0.279. The van der Waals surface area contributed by atoms with Gasteiger partial charge in [0.15, 0.2) is 5.78 Å². The number of alkyl carbamates (subject to hydrolysis) is 1. The van der Waals surface area contributed by atoms with Gasteiger partial charge in [0, 0.05) is 0 Å². The zero-order chi connectivity index (χ0) is 21.2. The van der Waals surface area contributed by atoms with E-state index < -0.39 is 35.7 Å². The van der Waals surface area contributed by atoms with Crippen LogP contribution in [0.25, 0.3) is 0 Å². The van der Waals surface area contributed by atoms with E-state index in [0.29, 0.717) is 0 Å². The van der Waals surface area contributed by atoms with E-state index in [1.807, 2.05) is 37.3 Å². The Kier molecular flexibility index (Phi) is 9.62. The first-order valence-corrected chi connectivity index (χ1v) is 9.30. The summed E-state index contributed by atoms with van der Waals surface area (Å²) in [7, 11) is 0. The second kappa shape index (κ2) is 11.4. The molecule has 154 valence electrons. The highest BCUT2D eigenvalue weighted by molar-refractivity contribution is 5.97. The number of ketones is 1. The molecule has 6 heteroatoms. The fourth-order valence-electron chi connectivity index (χ4n) is 2.30. The van der Waals surface area contributed by atoms with Gasteiger partial charge in [0.05, 0.1) is 12.7 Å². The second-order valence-electron chi connectivity index (χ2n) is 7.40. The van der Waals surface area contributed by atoms with E-state index in [1.165, 1.54) is 6.08 Å². The summed E-state index contributed by atoms with van der Waals surface area (Å²) in [6.45, 7) is 8.91. The number of allylic oxidation sites excluding steroid dienone is 3. The summed E-state index contributed by atoms with van der Waals surface area (Å²) < 4.78 is 10.9. The molecular formula is C22H31NO5. The number of hydrogen-bond donors (Lipinski definition) is 2. The number of aliphatic hydroxyl groups is 1. The molecule has 1 aromatic rings. The standard InChI is InChI=1S/C22H31NO5/c1-6-7-9-14-18(24)19(23-21(26)28-22(3,4)5)20(25)16(2)27-15-17-12-10-8-11-13-17/h6-14,16,19-20,25H,15H2,1-5H3,(H,23,26)/b7-6+,14-9-/t16-,19?,20?/m1/s1. The molecule has 0 aliphatic rings. The van der Waals surface area contributed by atoms with Gasteiger partial charge in [-0.1, -0.05) is 48.6 Å². The van der Waals surface area contributed by atoms with E-state index in [-0.39, 0.29) is 6.61 Å². The lowest BCUT2D eigenvalue weighted by Crippen LogP contribution is -2.53. The molecule has 6 nitrogen and oxygen atoms in total. The Morgan fingerprint density at radius 1 is 1.18 bits per heavy atom. The van der Waals surface area contributed by atoms with Crippen molar-refractivity contribution in [2.45, 2.75) is 65.1 Å². The van der Waals surface area contributed by atoms with Crippen molar-refractivity contribution in [3.8, 4) is 0 Å². The Labute approximate surface area is 167 Å². The molecule has 0 aromatic heterocycles. The number of rotatable bonds is 9. The van der Waals surface area contributed by atoms with E-state index in [4.69, 9.17) is 9.47 Å². The summed E-state index contributed by atoms with van der Waals surface area (Å²) >= 11 is 0. The maximum atomic E-state index is 12.5. The van der Waals surface area contributed by atoms with Crippen molar-refractivity contribution < 1.29 is 24.2 Å². The summed E-state index contributed by atoms with van der Waals surface area (Å²) in [5.74, 6) is -0.452. The summed E-state index contributed by atoms with van der Waals surface area (Å²) in [5, 5.41) is 13.1. The molecule has 0 fully saturated rings. The highest BCUT2D eigenvalue weighted by Crippen LogP contribution is 2.12. The summed E-state index contributed by atoms with van der Waals surface area (Å²) in [4.78, 5) is 24.7. The van der Waals surface area contributed by atoms with E-state index in [0.717, 1.165) is 5.56 Å². The molecule has 0 heterocycles. The average molecular weight is 389 g/mol. The van der Waals surface area contributed by atoms with Gasteiger partial charge in [0.1, 0.15) is 17.7 Å². The number of benzene rings is 1. The first-order chi connectivity index (χ1) is 13.1. The van der Waals surface area contributed by atoms with Crippen LogP contribution < -0.4 is 5.32 Å². The average Bonchev–Trinajstić information content (AvgIpc) is 2.63. The van der Waals surface area contributed by atoms with E-state index in [9.17, 15) is 14.7 Å². The van der Waals surface area contributed by atoms with Gasteiger partial charge in [-0.15, -0.1) is 0 Å². The lowest BCUT2D eigenvalue weighted by atomic mass is 10.0. The van der Waals surface area contributed by atoms with Crippen molar-refractivity contribution >= 4 is 11.9 Å². The van der Waals surface area contributed by atoms with Gasteiger partial charge in [0.2, 0.25) is 0 Å². The van der Waals surface area contributed by atoms with Gasteiger partial charge in [0.25, 0.3) is 0 Å². The third-order valence-electron chi connectivity index (χ3n) is 3.72. The number of ether oxygens (including phenoxy) is 2. The number of carbonyl (C=O) groups excluding carboxylic acids is 2. The molecule has 0 saturated heterocycles. The Morgan fingerprint density at radius 2 is 1.82 bits per heavy atom. The van der Waals surface area contributed by atoms with Crippen LogP contribution in [0.1, 0.15) is 40.2 Å². The van der Waals surface area contributed by atoms with Gasteiger partial charge in [-0.2, -0.15) is 0 Å². The third-order valence-corrected chi connectivity index (χ3v) is 3.72. The SMILES string of the molecule is C/C=C/C=C\C(=O)C(NC(=O)OC(C)(C)C)C(O)[C@@H](C)OCc1ccccc1. The Morgan fingerprint density at radius 3 is 2.39 bits per heavy atom. The van der Waals surface area contributed by atoms with Crippen molar-refractivity contribution in [2.24, 2.45) is 0 Å². The Bertz CT molecular complexity index is 676. The molecule has 0 aliphatic carbocycles. The number of carbonyl (C=O) groups is 2. The third kappa shape index (κ3) is 8.97. The maximum absolute atomic E-state index is 12.5. The van der Waals surface area contributed by atoms with Crippen LogP contribution in [-0.4, -0.2) is 40.8 Å². The van der Waals surface area contributed by atoms with E-state index >= 15 is 0 Å². The van der Waals surface area contributed by atoms with E-state index in [2.05, 4.69) is 5.32 Å². The molecule has 1 amide bonds. The molecule has 0 bridgehead atoms. The molecule has 0 radical (unpaired) electrons. The van der Waals surface area contributed by atoms with Crippen LogP contribution in [0.3, 0.4) is 0 Å². The topological polar surface area (TPSA) is 84.9 Å². The van der Waals surface area contributed by atoms with Crippen LogP contribution in [0, 0.1) is 0 Å². The van der Waals surface area contributed by atoms with Crippen molar-refractivity contribution in [2.75, 3.05) is 0 Å². The van der Waals surface area contributed by atoms with Crippen LogP contribution in [0.5, 0.6) is 0 Å². The predicted octanol–water partition coefficient (Wildman–Crippen LogP) is 3.55. The fourth-order valence-corrected chi connectivity index (χ4v) is 2.30. The summed E-state index contributed by atoms with van der Waals surface area (Å²) in [5.41, 5.74) is 0.219. The van der Waals surface area contributed by atoms with Crippen molar-refractivity contribution in [3.05, 3.63) is 60.2 Å². The maximum Gasteiger partial charge on any atom is 0.408 e. The molecule has 0 spiro atoms. The Hall–Kier alpha value is -2.44. The minimum atomic E-state index is -1.25. The monoisotopic (exact) mass is 389 g/mol. The molecule has 28 heavy (non-hydrogen) atoms. The number of amides is 1. The first-order valence-electron chi connectivity index (χ1n) is 9.30. The van der Waals surface area contributed by atoms with Gasteiger partial charge in [-0.25, -0.2) is 4.79 Å². The largest absolute Gasteiger partial charge is 0.444 e. The normalized spacial score (nSPS) is 15.4. The van der Waals surface area contributed by atoms with Crippen LogP contribution in [0.2, 0.25) is 0 Å². The molecule has 3 atom stereocenters. The fraction of sp³-hybridized carbons (Fsp3) is 0.455. The van der Waals surface area contributed by atoms with Crippen molar-refractivity contribution in [1.82, 2.24) is 5.32 Å². The lowest BCUT2D eigenvalue weighted by molar-refractivity contribution is -0.123. The predicted molar refractivity (Wildman–Crippen MR) is 109 cm³/mol.